The summed E-state index contributed by atoms with van der Waals surface area (Å²) >= 11 is 0. The number of carbonyl (C=O) groups excluding carboxylic acids is 1. The van der Waals surface area contributed by atoms with E-state index in [9.17, 15) is 4.79 Å². The molecule has 0 amide bonds. The molecule has 0 saturated carbocycles. The molecule has 0 aliphatic heterocycles. The number of carbonyl (C=O) groups is 1. The van der Waals surface area contributed by atoms with Crippen molar-refractivity contribution in [1.82, 2.24) is 0 Å². The highest BCUT2D eigenvalue weighted by molar-refractivity contribution is 5.81. The van der Waals surface area contributed by atoms with E-state index < -0.39 is 0 Å². The largest absolute Gasteiger partial charge is 0.399 e. The number of hydrogen-bond acceptors (Lipinski definition) is 2. The number of ketones is 1. The van der Waals surface area contributed by atoms with Crippen LogP contribution in [0.25, 0.3) is 0 Å². The van der Waals surface area contributed by atoms with Crippen molar-refractivity contribution < 1.29 is 4.79 Å². The van der Waals surface area contributed by atoms with Gasteiger partial charge in [0.2, 0.25) is 0 Å². The zero-order chi connectivity index (χ0) is 13.4. The molecule has 1 aromatic carbocycles. The predicted octanol–water partition coefficient (Wildman–Crippen LogP) is 3.99. The topological polar surface area (TPSA) is 43.1 Å². The molecular weight excluding hydrogens is 222 g/mol. The van der Waals surface area contributed by atoms with Crippen molar-refractivity contribution in [3.63, 3.8) is 0 Å². The maximum Gasteiger partial charge on any atom is 0.137 e. The highest BCUT2D eigenvalue weighted by Gasteiger charge is 2.12. The minimum atomic E-state index is 0.350. The van der Waals surface area contributed by atoms with Crippen LogP contribution < -0.4 is 5.73 Å². The lowest BCUT2D eigenvalue weighted by Gasteiger charge is -2.13. The van der Waals surface area contributed by atoms with Gasteiger partial charge in [-0.15, -0.1) is 0 Å². The highest BCUT2D eigenvalue weighted by Crippen LogP contribution is 2.18. The van der Waals surface area contributed by atoms with Crippen LogP contribution in [0.5, 0.6) is 0 Å². The Hall–Kier alpha value is -1.31. The smallest absolute Gasteiger partial charge is 0.137 e. The fourth-order valence-corrected chi connectivity index (χ4v) is 2.20. The van der Waals surface area contributed by atoms with Crippen LogP contribution in [0.3, 0.4) is 0 Å². The van der Waals surface area contributed by atoms with Crippen molar-refractivity contribution in [2.24, 2.45) is 5.92 Å². The molecule has 1 unspecified atom stereocenters. The zero-order valence-corrected chi connectivity index (χ0v) is 11.6. The van der Waals surface area contributed by atoms with Gasteiger partial charge in [-0.25, -0.2) is 0 Å². The molecular formula is C16H25NO. The number of Topliss-reactive ketones (excluding diaryl/α,β-unsaturated/α-hetero) is 1. The molecule has 18 heavy (non-hydrogen) atoms. The summed E-state index contributed by atoms with van der Waals surface area (Å²) in [7, 11) is 0. The Kier molecular flexibility index (Phi) is 6.48. The summed E-state index contributed by atoms with van der Waals surface area (Å²) in [6.45, 7) is 4.37. The van der Waals surface area contributed by atoms with E-state index in [0.717, 1.165) is 24.1 Å². The normalized spacial score (nSPS) is 12.3. The van der Waals surface area contributed by atoms with Gasteiger partial charge in [0.1, 0.15) is 5.78 Å². The van der Waals surface area contributed by atoms with E-state index in [4.69, 9.17) is 5.73 Å². The molecule has 2 N–H and O–H groups in total. The van der Waals surface area contributed by atoms with Gasteiger partial charge in [0, 0.05) is 18.5 Å². The van der Waals surface area contributed by atoms with Crippen LogP contribution in [-0.2, 0) is 11.2 Å². The SMILES string of the molecule is CCCCC(CC)CC(=O)Cc1ccc(N)cc1. The lowest BCUT2D eigenvalue weighted by atomic mass is 9.92. The summed E-state index contributed by atoms with van der Waals surface area (Å²) < 4.78 is 0. The van der Waals surface area contributed by atoms with Crippen LogP contribution in [0.4, 0.5) is 5.69 Å². The molecule has 0 aliphatic rings. The minimum absolute atomic E-state index is 0.350. The van der Waals surface area contributed by atoms with Crippen LogP contribution >= 0.6 is 0 Å². The van der Waals surface area contributed by atoms with Crippen molar-refractivity contribution in [3.8, 4) is 0 Å². The molecule has 0 radical (unpaired) electrons. The van der Waals surface area contributed by atoms with Gasteiger partial charge >= 0.3 is 0 Å². The summed E-state index contributed by atoms with van der Waals surface area (Å²) in [6.07, 6.45) is 5.99. The lowest BCUT2D eigenvalue weighted by molar-refractivity contribution is -0.119. The minimum Gasteiger partial charge on any atom is -0.399 e. The molecule has 0 fully saturated rings. The van der Waals surface area contributed by atoms with E-state index in [2.05, 4.69) is 13.8 Å². The number of nitrogen functional groups attached to an aromatic ring is 1. The number of anilines is 1. The van der Waals surface area contributed by atoms with E-state index in [1.165, 1.54) is 19.3 Å². The first-order chi connectivity index (χ1) is 8.65. The van der Waals surface area contributed by atoms with Gasteiger partial charge in [-0.3, -0.25) is 4.79 Å². The number of benzene rings is 1. The Morgan fingerprint density at radius 3 is 2.44 bits per heavy atom. The Bertz CT molecular complexity index is 356. The van der Waals surface area contributed by atoms with Gasteiger partial charge in [-0.1, -0.05) is 51.7 Å². The standard InChI is InChI=1S/C16H25NO/c1-3-5-6-13(4-2)11-16(18)12-14-7-9-15(17)10-8-14/h7-10,13H,3-6,11-12,17H2,1-2H3. The molecule has 1 aromatic rings. The Balaban J connectivity index is 2.42. The molecule has 100 valence electrons. The molecule has 0 aromatic heterocycles. The Morgan fingerprint density at radius 1 is 1.22 bits per heavy atom. The second-order valence-corrected chi connectivity index (χ2v) is 5.08. The van der Waals surface area contributed by atoms with Crippen molar-refractivity contribution in [2.75, 3.05) is 5.73 Å². The van der Waals surface area contributed by atoms with Gasteiger partial charge in [-0.05, 0) is 23.6 Å². The first kappa shape index (κ1) is 14.7. The Morgan fingerprint density at radius 2 is 1.89 bits per heavy atom. The lowest BCUT2D eigenvalue weighted by Crippen LogP contribution is -2.10. The van der Waals surface area contributed by atoms with E-state index in [0.29, 0.717) is 18.1 Å². The monoisotopic (exact) mass is 247 g/mol. The first-order valence-electron chi connectivity index (χ1n) is 7.01. The van der Waals surface area contributed by atoms with E-state index in [1.807, 2.05) is 24.3 Å². The zero-order valence-electron chi connectivity index (χ0n) is 11.6. The molecule has 0 aliphatic carbocycles. The van der Waals surface area contributed by atoms with Crippen molar-refractivity contribution in [2.45, 2.75) is 52.4 Å². The molecule has 0 bridgehead atoms. The maximum atomic E-state index is 12.0. The average molecular weight is 247 g/mol. The molecule has 0 saturated heterocycles. The summed E-state index contributed by atoms with van der Waals surface area (Å²) in [5, 5.41) is 0. The quantitative estimate of drug-likeness (QED) is 0.706. The maximum absolute atomic E-state index is 12.0. The van der Waals surface area contributed by atoms with Crippen LogP contribution in [0.15, 0.2) is 24.3 Å². The molecule has 1 rings (SSSR count). The predicted molar refractivity (Wildman–Crippen MR) is 77.5 cm³/mol. The second-order valence-electron chi connectivity index (χ2n) is 5.08. The van der Waals surface area contributed by atoms with Crippen LogP contribution in [0, 0.1) is 5.92 Å². The summed E-state index contributed by atoms with van der Waals surface area (Å²) in [5.74, 6) is 0.911. The van der Waals surface area contributed by atoms with Gasteiger partial charge < -0.3 is 5.73 Å². The number of unbranched alkanes of at least 4 members (excludes halogenated alkanes) is 1. The van der Waals surface area contributed by atoms with E-state index in [1.54, 1.807) is 0 Å². The molecule has 1 atom stereocenters. The summed E-state index contributed by atoms with van der Waals surface area (Å²) in [6, 6.07) is 7.61. The second kappa shape index (κ2) is 7.91. The summed E-state index contributed by atoms with van der Waals surface area (Å²) in [4.78, 5) is 12.0. The van der Waals surface area contributed by atoms with Gasteiger partial charge in [0.05, 0.1) is 0 Å². The number of rotatable bonds is 8. The van der Waals surface area contributed by atoms with Crippen LogP contribution in [0.2, 0.25) is 0 Å². The van der Waals surface area contributed by atoms with E-state index >= 15 is 0 Å². The highest BCUT2D eigenvalue weighted by atomic mass is 16.1. The van der Waals surface area contributed by atoms with Crippen molar-refractivity contribution in [3.05, 3.63) is 29.8 Å². The Labute approximate surface area is 111 Å². The number of nitrogens with two attached hydrogens (primary N) is 1. The fourth-order valence-electron chi connectivity index (χ4n) is 2.20. The molecule has 0 spiro atoms. The fraction of sp³-hybridized carbons (Fsp3) is 0.562. The van der Waals surface area contributed by atoms with E-state index in [-0.39, 0.29) is 0 Å². The first-order valence-corrected chi connectivity index (χ1v) is 7.01. The van der Waals surface area contributed by atoms with Crippen molar-refractivity contribution >= 4 is 11.5 Å². The van der Waals surface area contributed by atoms with Gasteiger partial charge in [-0.2, -0.15) is 0 Å². The average Bonchev–Trinajstić information content (AvgIpc) is 2.37. The summed E-state index contributed by atoms with van der Waals surface area (Å²) in [5.41, 5.74) is 7.45. The third-order valence-corrected chi connectivity index (χ3v) is 3.44. The van der Waals surface area contributed by atoms with Crippen LogP contribution in [0.1, 0.15) is 51.5 Å². The van der Waals surface area contributed by atoms with Crippen LogP contribution in [-0.4, -0.2) is 5.78 Å². The van der Waals surface area contributed by atoms with Crippen molar-refractivity contribution in [1.29, 1.82) is 0 Å². The molecule has 2 heteroatoms. The van der Waals surface area contributed by atoms with Gasteiger partial charge in [0.25, 0.3) is 0 Å². The third-order valence-electron chi connectivity index (χ3n) is 3.44. The third kappa shape index (κ3) is 5.35. The van der Waals surface area contributed by atoms with Gasteiger partial charge in [0.15, 0.2) is 0 Å². The molecule has 2 nitrogen and oxygen atoms in total. The number of hydrogen-bond donors (Lipinski definition) is 1. The molecule has 0 heterocycles.